The van der Waals surface area contributed by atoms with E-state index in [9.17, 15) is 18.3 Å². The Morgan fingerprint density at radius 3 is 2.44 bits per heavy atom. The summed E-state index contributed by atoms with van der Waals surface area (Å²) in [7, 11) is 0. The smallest absolute Gasteiger partial charge is 0.393 e. The van der Waals surface area contributed by atoms with Gasteiger partial charge in [-0.05, 0) is 110 Å². The fourth-order valence-corrected chi connectivity index (χ4v) is 7.43. The summed E-state index contributed by atoms with van der Waals surface area (Å²) in [4.78, 5) is 5.46. The van der Waals surface area contributed by atoms with Crippen molar-refractivity contribution < 1.29 is 23.1 Å². The molecule has 0 heterocycles. The predicted octanol–water partition coefficient (Wildman–Crippen LogP) is 6.76. The van der Waals surface area contributed by atoms with Gasteiger partial charge in [-0.1, -0.05) is 24.6 Å². The van der Waals surface area contributed by atoms with E-state index in [1.165, 1.54) is 30.5 Å². The minimum absolute atomic E-state index is 0.0928. The van der Waals surface area contributed by atoms with Crippen molar-refractivity contribution in [3.8, 4) is 5.75 Å². The first-order valence-electron chi connectivity index (χ1n) is 11.9. The van der Waals surface area contributed by atoms with Crippen LogP contribution in [0.2, 0.25) is 0 Å². The van der Waals surface area contributed by atoms with Gasteiger partial charge in [-0.25, -0.2) is 0 Å². The molecule has 3 saturated carbocycles. The van der Waals surface area contributed by atoms with Gasteiger partial charge in [0.2, 0.25) is 0 Å². The van der Waals surface area contributed by atoms with Gasteiger partial charge < -0.3 is 9.94 Å². The summed E-state index contributed by atoms with van der Waals surface area (Å²) in [5, 5.41) is 14.9. The van der Waals surface area contributed by atoms with Crippen LogP contribution >= 0.6 is 0 Å². The first-order valence-corrected chi connectivity index (χ1v) is 11.9. The zero-order chi connectivity index (χ0) is 22.7. The number of aliphatic hydroxyl groups excluding tert-OH is 1. The summed E-state index contributed by atoms with van der Waals surface area (Å²) in [6.07, 6.45) is 6.14. The minimum Gasteiger partial charge on any atom is -0.393 e. The molecule has 6 heteroatoms. The molecule has 0 saturated heterocycles. The summed E-state index contributed by atoms with van der Waals surface area (Å²) in [5.41, 5.74) is 1.89. The summed E-state index contributed by atoms with van der Waals surface area (Å²) < 4.78 is 38.2. The van der Waals surface area contributed by atoms with E-state index in [0.717, 1.165) is 56.4 Å². The lowest BCUT2D eigenvalue weighted by atomic mass is 9.47. The third-order valence-electron chi connectivity index (χ3n) is 9.38. The molecule has 0 unspecified atom stereocenters. The van der Waals surface area contributed by atoms with E-state index in [-0.39, 0.29) is 16.9 Å². The van der Waals surface area contributed by atoms with Crippen LogP contribution in [-0.4, -0.2) is 16.9 Å². The van der Waals surface area contributed by atoms with E-state index >= 15 is 0 Å². The maximum atomic E-state index is 12.7. The van der Waals surface area contributed by atoms with Crippen molar-refractivity contribution in [3.63, 3.8) is 0 Å². The lowest BCUT2D eigenvalue weighted by molar-refractivity contribution is -0.137. The van der Waals surface area contributed by atoms with Gasteiger partial charge in [0, 0.05) is 0 Å². The van der Waals surface area contributed by atoms with Gasteiger partial charge >= 0.3 is 6.18 Å². The molecule has 6 atom stereocenters. The number of benzene rings is 1. The predicted molar refractivity (Wildman–Crippen MR) is 117 cm³/mol. The average Bonchev–Trinajstić information content (AvgIpc) is 3.06. The molecule has 0 spiro atoms. The highest BCUT2D eigenvalue weighted by molar-refractivity contribution is 5.96. The number of oxime groups is 1. The highest BCUT2D eigenvalue weighted by Crippen LogP contribution is 2.65. The van der Waals surface area contributed by atoms with Crippen molar-refractivity contribution in [2.24, 2.45) is 33.7 Å². The molecule has 0 bridgehead atoms. The Morgan fingerprint density at radius 2 is 1.72 bits per heavy atom. The highest BCUT2D eigenvalue weighted by atomic mass is 19.4. The van der Waals surface area contributed by atoms with E-state index in [4.69, 9.17) is 4.84 Å². The second-order valence-corrected chi connectivity index (χ2v) is 10.8. The molecule has 32 heavy (non-hydrogen) atoms. The van der Waals surface area contributed by atoms with Crippen molar-refractivity contribution in [2.45, 2.75) is 77.5 Å². The van der Waals surface area contributed by atoms with E-state index < -0.39 is 11.7 Å². The molecule has 3 nitrogen and oxygen atoms in total. The molecule has 1 aromatic carbocycles. The molecule has 0 radical (unpaired) electrons. The number of aliphatic hydroxyl groups is 1. The third kappa shape index (κ3) is 3.49. The largest absolute Gasteiger partial charge is 0.416 e. The van der Waals surface area contributed by atoms with E-state index in [0.29, 0.717) is 23.5 Å². The molecule has 0 aliphatic heterocycles. The first kappa shape index (κ1) is 22.0. The maximum absolute atomic E-state index is 12.7. The van der Waals surface area contributed by atoms with Crippen LogP contribution in [-0.2, 0) is 6.18 Å². The second-order valence-electron chi connectivity index (χ2n) is 10.8. The van der Waals surface area contributed by atoms with Gasteiger partial charge in [0.15, 0.2) is 5.75 Å². The van der Waals surface area contributed by atoms with Crippen molar-refractivity contribution in [2.75, 3.05) is 0 Å². The van der Waals surface area contributed by atoms with Crippen LogP contribution in [0.4, 0.5) is 13.2 Å². The highest BCUT2D eigenvalue weighted by Gasteiger charge is 2.58. The Morgan fingerprint density at radius 1 is 0.969 bits per heavy atom. The quantitative estimate of drug-likeness (QED) is 0.509. The van der Waals surface area contributed by atoms with Crippen molar-refractivity contribution >= 4 is 5.71 Å². The first-order chi connectivity index (χ1) is 15.1. The molecule has 0 aromatic heterocycles. The zero-order valence-corrected chi connectivity index (χ0v) is 18.8. The number of hydrogen-bond acceptors (Lipinski definition) is 3. The van der Waals surface area contributed by atoms with Gasteiger partial charge in [-0.15, -0.1) is 0 Å². The summed E-state index contributed by atoms with van der Waals surface area (Å²) in [6.45, 7) is 4.72. The molecule has 4 aliphatic rings. The Hall–Kier alpha value is -1.82. The van der Waals surface area contributed by atoms with Crippen LogP contribution in [0.1, 0.15) is 70.8 Å². The van der Waals surface area contributed by atoms with E-state index in [1.807, 2.05) is 0 Å². The summed E-state index contributed by atoms with van der Waals surface area (Å²) in [6, 6.07) is 4.66. The fourth-order valence-electron chi connectivity index (χ4n) is 7.43. The lowest BCUT2D eigenvalue weighted by Crippen LogP contribution is -2.51. The number of halogens is 3. The van der Waals surface area contributed by atoms with Gasteiger partial charge in [0.05, 0.1) is 17.4 Å². The Balaban J connectivity index is 1.31. The van der Waals surface area contributed by atoms with Gasteiger partial charge in [-0.3, -0.25) is 0 Å². The second kappa shape index (κ2) is 7.61. The zero-order valence-electron chi connectivity index (χ0n) is 18.8. The molecular weight excluding hydrogens is 415 g/mol. The monoisotopic (exact) mass is 447 g/mol. The van der Waals surface area contributed by atoms with Crippen molar-refractivity contribution in [1.82, 2.24) is 0 Å². The summed E-state index contributed by atoms with van der Waals surface area (Å²) in [5.74, 6) is 2.29. The minimum atomic E-state index is -4.35. The molecule has 1 aromatic rings. The Labute approximate surface area is 187 Å². The van der Waals surface area contributed by atoms with Crippen LogP contribution in [0.5, 0.6) is 5.75 Å². The molecule has 174 valence electrons. The van der Waals surface area contributed by atoms with Crippen molar-refractivity contribution in [1.29, 1.82) is 0 Å². The number of fused-ring (bicyclic) bond motifs is 5. The number of hydrogen-bond donors (Lipinski definition) is 1. The van der Waals surface area contributed by atoms with Crippen LogP contribution in [0.3, 0.4) is 0 Å². The lowest BCUT2D eigenvalue weighted by Gasteiger charge is -2.57. The van der Waals surface area contributed by atoms with Crippen LogP contribution in [0, 0.1) is 28.6 Å². The topological polar surface area (TPSA) is 41.8 Å². The van der Waals surface area contributed by atoms with Crippen molar-refractivity contribution in [3.05, 3.63) is 41.5 Å². The Bertz CT molecular complexity index is 937. The SMILES string of the molecule is C[C@]12CC[C@H]3[C@@H](CCC4=C/C(=N\Oc5ccc(C(F)(F)F)cc5)CC[C@@]43C)[C@@H]1CC[C@@H]2O. The van der Waals surface area contributed by atoms with Gasteiger partial charge in [-0.2, -0.15) is 13.2 Å². The average molecular weight is 448 g/mol. The molecule has 1 N–H and O–H groups in total. The number of rotatable bonds is 2. The number of alkyl halides is 3. The molecule has 3 fully saturated rings. The van der Waals surface area contributed by atoms with Crippen LogP contribution in [0.15, 0.2) is 41.1 Å². The number of allylic oxidation sites excluding steroid dienone is 2. The molecule has 0 amide bonds. The van der Waals surface area contributed by atoms with Gasteiger partial charge in [0.1, 0.15) is 0 Å². The summed E-state index contributed by atoms with van der Waals surface area (Å²) >= 11 is 0. The molecule has 4 aliphatic carbocycles. The third-order valence-corrected chi connectivity index (χ3v) is 9.38. The van der Waals surface area contributed by atoms with E-state index in [2.05, 4.69) is 25.1 Å². The molecule has 5 rings (SSSR count). The number of nitrogens with zero attached hydrogens (tertiary/aromatic N) is 1. The molecular formula is C26H32F3NO2. The van der Waals surface area contributed by atoms with Crippen LogP contribution in [0.25, 0.3) is 0 Å². The maximum Gasteiger partial charge on any atom is 0.416 e. The Kier molecular flexibility index (Phi) is 5.23. The fraction of sp³-hybridized carbons (Fsp3) is 0.654. The standard InChI is InChI=1S/C26H32F3NO2/c1-24-13-11-18(30-32-19-6-3-16(4-7-19)26(27,28)29)15-17(24)5-8-20-21-9-10-23(31)25(21,2)14-12-22(20)24/h3-4,6-7,15,20-23,31H,5,8-14H2,1-2H3/b30-18-/t20-,21-,22-,23-,24-,25-/m0/s1. The normalized spacial score (nSPS) is 40.3. The van der Waals surface area contributed by atoms with E-state index in [1.54, 1.807) is 0 Å². The van der Waals surface area contributed by atoms with Crippen LogP contribution < -0.4 is 4.84 Å². The van der Waals surface area contributed by atoms with Gasteiger partial charge in [0.25, 0.3) is 0 Å².